The second-order valence-electron chi connectivity index (χ2n) is 8.18. The Kier molecular flexibility index (Phi) is 5.54. The van der Waals surface area contributed by atoms with Crippen LogP contribution in [0.15, 0.2) is 18.3 Å². The first-order valence-corrected chi connectivity index (χ1v) is 10.6. The van der Waals surface area contributed by atoms with Crippen molar-refractivity contribution in [2.24, 2.45) is 0 Å². The van der Waals surface area contributed by atoms with E-state index in [4.69, 9.17) is 14.7 Å². The standard InChI is InChI=1S/C20H24F3N9O/c1-11-3-4-24-13(7-11)27-18-17-16(12(2)30-32(17)5-6-33-10-20(21,22)23)28-19(29-18)31-9-14-25-8-15(31)26-14/h3-4,7,14-15,25-26H,5-6,8-10H2,1-2H3,(H,24,27,28,29)/t14-,15+/m0/s1. The van der Waals surface area contributed by atoms with Gasteiger partial charge in [0.2, 0.25) is 5.95 Å². The Morgan fingerprint density at radius 2 is 2.12 bits per heavy atom. The average molecular weight is 463 g/mol. The summed E-state index contributed by atoms with van der Waals surface area (Å²) in [5, 5.41) is 14.6. The maximum absolute atomic E-state index is 12.4. The molecule has 0 spiro atoms. The number of aryl methyl sites for hydroxylation is 2. The Bertz CT molecular complexity index is 1170. The Labute approximate surface area is 187 Å². The van der Waals surface area contributed by atoms with E-state index < -0.39 is 12.8 Å². The molecule has 0 radical (unpaired) electrons. The third-order valence-corrected chi connectivity index (χ3v) is 5.58. The molecule has 0 unspecified atom stereocenters. The van der Waals surface area contributed by atoms with Crippen LogP contribution in [0, 0.1) is 13.8 Å². The highest BCUT2D eigenvalue weighted by Gasteiger charge is 2.39. The predicted octanol–water partition coefficient (Wildman–Crippen LogP) is 1.83. The molecule has 5 rings (SSSR count). The van der Waals surface area contributed by atoms with Gasteiger partial charge in [-0.2, -0.15) is 23.3 Å². The number of hydrogen-bond donors (Lipinski definition) is 3. The van der Waals surface area contributed by atoms with Crippen molar-refractivity contribution in [3.05, 3.63) is 29.6 Å². The van der Waals surface area contributed by atoms with Crippen LogP contribution < -0.4 is 20.9 Å². The second-order valence-corrected chi connectivity index (χ2v) is 8.18. The lowest BCUT2D eigenvalue weighted by Gasteiger charge is -2.26. The number of nitrogens with zero attached hydrogens (tertiary/aromatic N) is 6. The molecular weight excluding hydrogens is 439 g/mol. The number of halogens is 3. The molecule has 176 valence electrons. The molecule has 2 aliphatic heterocycles. The summed E-state index contributed by atoms with van der Waals surface area (Å²) in [5.74, 6) is 1.64. The van der Waals surface area contributed by atoms with Crippen LogP contribution in [-0.4, -0.2) is 69.5 Å². The maximum Gasteiger partial charge on any atom is 0.411 e. The summed E-state index contributed by atoms with van der Waals surface area (Å²) >= 11 is 0. The second kappa shape index (κ2) is 8.39. The number of alkyl halides is 3. The molecule has 0 amide bonds. The van der Waals surface area contributed by atoms with Crippen LogP contribution in [0.2, 0.25) is 0 Å². The van der Waals surface area contributed by atoms with Crippen molar-refractivity contribution in [1.82, 2.24) is 35.4 Å². The zero-order valence-corrected chi connectivity index (χ0v) is 18.1. The Hall–Kier alpha value is -3.03. The van der Waals surface area contributed by atoms with Gasteiger partial charge in [0.25, 0.3) is 0 Å². The quantitative estimate of drug-likeness (QED) is 0.453. The van der Waals surface area contributed by atoms with Crippen molar-refractivity contribution < 1.29 is 17.9 Å². The number of anilines is 3. The molecule has 2 saturated heterocycles. The first-order chi connectivity index (χ1) is 15.8. The highest BCUT2D eigenvalue weighted by Crippen LogP contribution is 2.30. The van der Waals surface area contributed by atoms with E-state index in [-0.39, 0.29) is 25.5 Å². The Morgan fingerprint density at radius 3 is 2.82 bits per heavy atom. The molecule has 2 bridgehead atoms. The van der Waals surface area contributed by atoms with Gasteiger partial charge in [0.1, 0.15) is 23.5 Å². The molecule has 0 aliphatic carbocycles. The largest absolute Gasteiger partial charge is 0.411 e. The van der Waals surface area contributed by atoms with Gasteiger partial charge in [-0.3, -0.25) is 15.3 Å². The number of aromatic nitrogens is 5. The van der Waals surface area contributed by atoms with Crippen LogP contribution in [0.1, 0.15) is 11.3 Å². The van der Waals surface area contributed by atoms with E-state index in [2.05, 4.69) is 30.9 Å². The lowest BCUT2D eigenvalue weighted by atomic mass is 10.3. The molecule has 3 N–H and O–H groups in total. The molecule has 2 aliphatic rings. The lowest BCUT2D eigenvalue weighted by molar-refractivity contribution is -0.174. The van der Waals surface area contributed by atoms with Gasteiger partial charge < -0.3 is 15.0 Å². The molecule has 2 atom stereocenters. The van der Waals surface area contributed by atoms with Gasteiger partial charge in [-0.25, -0.2) is 9.97 Å². The SMILES string of the molecule is Cc1ccnc(Nc2nc(N3C[C@H]4NC[C@@H]3N4)nc3c(C)nn(CCOCC(F)(F)F)c23)c1. The van der Waals surface area contributed by atoms with Crippen LogP contribution in [0.3, 0.4) is 0 Å². The van der Waals surface area contributed by atoms with E-state index in [1.54, 1.807) is 10.9 Å². The summed E-state index contributed by atoms with van der Waals surface area (Å²) in [7, 11) is 0. The molecule has 0 saturated carbocycles. The van der Waals surface area contributed by atoms with Gasteiger partial charge in [0.05, 0.1) is 37.7 Å². The number of pyridine rings is 1. The molecule has 13 heteroatoms. The van der Waals surface area contributed by atoms with E-state index >= 15 is 0 Å². The summed E-state index contributed by atoms with van der Waals surface area (Å²) in [4.78, 5) is 16.0. The monoisotopic (exact) mass is 463 g/mol. The van der Waals surface area contributed by atoms with E-state index in [0.717, 1.165) is 18.7 Å². The smallest absolute Gasteiger partial charge is 0.370 e. The molecule has 0 aromatic carbocycles. The fourth-order valence-corrected chi connectivity index (χ4v) is 4.13. The lowest BCUT2D eigenvalue weighted by Crippen LogP contribution is -2.44. The Balaban J connectivity index is 1.50. The first kappa shape index (κ1) is 21.8. The summed E-state index contributed by atoms with van der Waals surface area (Å²) < 4.78 is 43.7. The van der Waals surface area contributed by atoms with Gasteiger partial charge in [0, 0.05) is 12.7 Å². The van der Waals surface area contributed by atoms with Crippen LogP contribution in [0.25, 0.3) is 11.0 Å². The fraction of sp³-hybridized carbons (Fsp3) is 0.500. The molecular formula is C20H24F3N9O. The van der Waals surface area contributed by atoms with E-state index in [0.29, 0.717) is 34.3 Å². The van der Waals surface area contributed by atoms with Gasteiger partial charge in [-0.1, -0.05) is 0 Å². The van der Waals surface area contributed by atoms with Crippen LogP contribution in [0.5, 0.6) is 0 Å². The first-order valence-electron chi connectivity index (χ1n) is 10.6. The van der Waals surface area contributed by atoms with Crippen molar-refractivity contribution in [2.75, 3.05) is 36.5 Å². The van der Waals surface area contributed by atoms with E-state index in [1.807, 2.05) is 26.0 Å². The van der Waals surface area contributed by atoms with Crippen molar-refractivity contribution >= 4 is 28.6 Å². The summed E-state index contributed by atoms with van der Waals surface area (Å²) in [6.07, 6.45) is -2.41. The topological polar surface area (TPSA) is 105 Å². The normalized spacial score (nSPS) is 20.2. The van der Waals surface area contributed by atoms with Crippen molar-refractivity contribution in [1.29, 1.82) is 0 Å². The number of ether oxygens (including phenoxy) is 1. The van der Waals surface area contributed by atoms with E-state index in [9.17, 15) is 13.2 Å². The van der Waals surface area contributed by atoms with Gasteiger partial charge in [0.15, 0.2) is 5.82 Å². The zero-order chi connectivity index (χ0) is 23.2. The van der Waals surface area contributed by atoms with Gasteiger partial charge >= 0.3 is 6.18 Å². The van der Waals surface area contributed by atoms with Gasteiger partial charge in [-0.15, -0.1) is 0 Å². The molecule has 10 nitrogen and oxygen atoms in total. The highest BCUT2D eigenvalue weighted by atomic mass is 19.4. The van der Waals surface area contributed by atoms with Crippen LogP contribution in [-0.2, 0) is 11.3 Å². The molecule has 3 aromatic rings. The number of nitrogens with one attached hydrogen (secondary N) is 3. The Morgan fingerprint density at radius 1 is 1.27 bits per heavy atom. The molecule has 33 heavy (non-hydrogen) atoms. The van der Waals surface area contributed by atoms with Crippen LogP contribution in [0.4, 0.5) is 30.8 Å². The summed E-state index contributed by atoms with van der Waals surface area (Å²) in [6, 6.07) is 3.77. The van der Waals surface area contributed by atoms with Crippen molar-refractivity contribution in [3.63, 3.8) is 0 Å². The van der Waals surface area contributed by atoms with Gasteiger partial charge in [-0.05, 0) is 31.5 Å². The number of rotatable bonds is 7. The number of hydrogen-bond acceptors (Lipinski definition) is 9. The zero-order valence-electron chi connectivity index (χ0n) is 18.1. The van der Waals surface area contributed by atoms with Crippen molar-refractivity contribution in [2.45, 2.75) is 38.9 Å². The predicted molar refractivity (Wildman–Crippen MR) is 115 cm³/mol. The number of fused-ring (bicyclic) bond motifs is 3. The minimum Gasteiger partial charge on any atom is -0.370 e. The summed E-state index contributed by atoms with van der Waals surface area (Å²) in [6.45, 7) is 3.95. The minimum absolute atomic E-state index is 0.0866. The van der Waals surface area contributed by atoms with Crippen molar-refractivity contribution in [3.8, 4) is 0 Å². The minimum atomic E-state index is -4.37. The molecule has 2 fully saturated rings. The molecule has 3 aromatic heterocycles. The highest BCUT2D eigenvalue weighted by molar-refractivity contribution is 5.90. The maximum atomic E-state index is 12.4. The summed E-state index contributed by atoms with van der Waals surface area (Å²) in [5.41, 5.74) is 2.89. The third-order valence-electron chi connectivity index (χ3n) is 5.58. The molecule has 5 heterocycles. The fourth-order valence-electron chi connectivity index (χ4n) is 4.13. The van der Waals surface area contributed by atoms with Crippen LogP contribution >= 0.6 is 0 Å². The number of piperazine rings is 1. The van der Waals surface area contributed by atoms with E-state index in [1.165, 1.54) is 0 Å². The third kappa shape index (κ3) is 4.56. The average Bonchev–Trinajstić information content (AvgIpc) is 3.46.